The maximum absolute atomic E-state index is 11.9. The van der Waals surface area contributed by atoms with Crippen molar-refractivity contribution in [3.8, 4) is 11.5 Å². The Balaban J connectivity index is 2.38. The fourth-order valence-electron chi connectivity index (χ4n) is 1.74. The van der Waals surface area contributed by atoms with Gasteiger partial charge in [0, 0.05) is 19.7 Å². The molecule has 0 fully saturated rings. The summed E-state index contributed by atoms with van der Waals surface area (Å²) in [4.78, 5) is 13.4. The van der Waals surface area contributed by atoms with Crippen LogP contribution in [0, 0.1) is 0 Å². The van der Waals surface area contributed by atoms with E-state index in [1.807, 2.05) is 6.07 Å². The lowest BCUT2D eigenvalue weighted by atomic mass is 10.2. The van der Waals surface area contributed by atoms with Gasteiger partial charge in [0.05, 0.1) is 0 Å². The molecule has 0 aliphatic carbocycles. The van der Waals surface area contributed by atoms with Gasteiger partial charge in [0.15, 0.2) is 11.1 Å². The molecule has 0 radical (unpaired) electrons. The highest BCUT2D eigenvalue weighted by Crippen LogP contribution is 2.28. The predicted octanol–water partition coefficient (Wildman–Crippen LogP) is 2.76. The number of hydrogen-bond acceptors (Lipinski definition) is 3. The highest BCUT2D eigenvalue weighted by Gasteiger charge is 2.16. The van der Waals surface area contributed by atoms with Gasteiger partial charge in [-0.1, -0.05) is 18.2 Å². The second-order valence-corrected chi connectivity index (χ2v) is 5.46. The van der Waals surface area contributed by atoms with Crippen LogP contribution in [0.2, 0.25) is 0 Å². The molecule has 0 spiro atoms. The van der Waals surface area contributed by atoms with Gasteiger partial charge in [0.2, 0.25) is 0 Å². The summed E-state index contributed by atoms with van der Waals surface area (Å²) in [5.74, 6) is 0.557. The van der Waals surface area contributed by atoms with Gasteiger partial charge < -0.3 is 14.2 Å². The number of benzene rings is 2. The van der Waals surface area contributed by atoms with Crippen LogP contribution in [0.4, 0.5) is 0 Å². The molecule has 1 unspecified atom stereocenters. The summed E-state index contributed by atoms with van der Waals surface area (Å²) < 4.78 is 26.4. The van der Waals surface area contributed by atoms with E-state index in [1.54, 1.807) is 44.4 Å². The Labute approximate surface area is 125 Å². The minimum Gasteiger partial charge on any atom is -0.456 e. The number of carbonyl (C=O) groups is 1. The van der Waals surface area contributed by atoms with Crippen LogP contribution in [0.5, 0.6) is 11.5 Å². The molecule has 2 aromatic rings. The Morgan fingerprint density at radius 1 is 1.14 bits per heavy atom. The van der Waals surface area contributed by atoms with Crippen LogP contribution in [-0.4, -0.2) is 33.7 Å². The van der Waals surface area contributed by atoms with Crippen LogP contribution in [0.3, 0.4) is 0 Å². The first kappa shape index (κ1) is 15.2. The van der Waals surface area contributed by atoms with E-state index < -0.39 is 11.1 Å². The quantitative estimate of drug-likeness (QED) is 0.882. The molecule has 110 valence electrons. The van der Waals surface area contributed by atoms with Crippen molar-refractivity contribution in [3.63, 3.8) is 0 Å². The number of ether oxygens (including phenoxy) is 1. The second kappa shape index (κ2) is 6.51. The van der Waals surface area contributed by atoms with Gasteiger partial charge in [0.1, 0.15) is 16.4 Å². The predicted molar refractivity (Wildman–Crippen MR) is 80.0 cm³/mol. The number of amides is 1. The van der Waals surface area contributed by atoms with Crippen molar-refractivity contribution in [1.82, 2.24) is 4.90 Å². The summed E-state index contributed by atoms with van der Waals surface area (Å²) in [6.07, 6.45) is 0. The molecular weight excluding hydrogens is 290 g/mol. The van der Waals surface area contributed by atoms with E-state index in [9.17, 15) is 13.6 Å². The zero-order valence-corrected chi connectivity index (χ0v) is 12.5. The maximum atomic E-state index is 11.9. The van der Waals surface area contributed by atoms with Crippen LogP contribution in [0.15, 0.2) is 53.4 Å². The summed E-state index contributed by atoms with van der Waals surface area (Å²) in [5.41, 5.74) is 0.331. The van der Waals surface area contributed by atoms with Crippen LogP contribution >= 0.6 is 0 Å². The van der Waals surface area contributed by atoms with Crippen molar-refractivity contribution in [2.24, 2.45) is 0 Å². The zero-order valence-electron chi connectivity index (χ0n) is 11.6. The van der Waals surface area contributed by atoms with Gasteiger partial charge in [-0.3, -0.25) is 4.79 Å². The molecule has 21 heavy (non-hydrogen) atoms. The summed E-state index contributed by atoms with van der Waals surface area (Å²) >= 11 is -2.25. The van der Waals surface area contributed by atoms with Crippen LogP contribution in [-0.2, 0) is 11.1 Å². The number of nitrogens with zero attached hydrogens (tertiary/aromatic N) is 1. The molecule has 0 aromatic heterocycles. The van der Waals surface area contributed by atoms with Gasteiger partial charge >= 0.3 is 0 Å². The lowest BCUT2D eigenvalue weighted by Crippen LogP contribution is -2.21. The fourth-order valence-corrected chi connectivity index (χ4v) is 2.25. The molecule has 1 N–H and O–H groups in total. The molecule has 1 atom stereocenters. The van der Waals surface area contributed by atoms with Crippen molar-refractivity contribution >= 4 is 17.0 Å². The summed E-state index contributed by atoms with van der Waals surface area (Å²) in [7, 11) is 3.23. The minimum absolute atomic E-state index is 0.0616. The number of para-hydroxylation sites is 1. The lowest BCUT2D eigenvalue weighted by Gasteiger charge is -2.13. The highest BCUT2D eigenvalue weighted by atomic mass is 32.2. The molecule has 0 saturated carbocycles. The third-order valence-corrected chi connectivity index (χ3v) is 3.45. The summed E-state index contributed by atoms with van der Waals surface area (Å²) in [5, 5.41) is 0. The highest BCUT2D eigenvalue weighted by molar-refractivity contribution is 7.79. The Morgan fingerprint density at radius 3 is 2.38 bits per heavy atom. The number of carbonyl (C=O) groups excluding carboxylic acids is 1. The molecule has 0 saturated heterocycles. The Bertz CT molecular complexity index is 671. The first-order valence-corrected chi connectivity index (χ1v) is 7.29. The fraction of sp³-hybridized carbons (Fsp3) is 0.133. The van der Waals surface area contributed by atoms with Gasteiger partial charge in [0.25, 0.3) is 5.91 Å². The average Bonchev–Trinajstić information content (AvgIpc) is 2.47. The molecule has 6 heteroatoms. The van der Waals surface area contributed by atoms with Crippen molar-refractivity contribution in [2.75, 3.05) is 14.1 Å². The third-order valence-electron chi connectivity index (χ3n) is 2.76. The van der Waals surface area contributed by atoms with Crippen molar-refractivity contribution < 1.29 is 18.3 Å². The first-order chi connectivity index (χ1) is 9.99. The van der Waals surface area contributed by atoms with E-state index in [-0.39, 0.29) is 16.6 Å². The molecule has 1 amide bonds. The van der Waals surface area contributed by atoms with E-state index in [2.05, 4.69) is 0 Å². The Kier molecular flexibility index (Phi) is 4.72. The molecule has 5 nitrogen and oxygen atoms in total. The normalized spacial score (nSPS) is 11.8. The van der Waals surface area contributed by atoms with E-state index in [4.69, 9.17) is 4.74 Å². The molecule has 0 heterocycles. The van der Waals surface area contributed by atoms with Gasteiger partial charge in [-0.15, -0.1) is 0 Å². The topological polar surface area (TPSA) is 66.8 Å². The molecular formula is C15H15NO4S. The molecule has 0 aliphatic rings. The van der Waals surface area contributed by atoms with E-state index in [0.29, 0.717) is 11.3 Å². The molecule has 2 aromatic carbocycles. The molecule has 2 rings (SSSR count). The molecule has 0 aliphatic heterocycles. The molecule has 0 bridgehead atoms. The van der Waals surface area contributed by atoms with Crippen molar-refractivity contribution in [3.05, 3.63) is 54.1 Å². The van der Waals surface area contributed by atoms with E-state index in [1.165, 1.54) is 17.0 Å². The average molecular weight is 305 g/mol. The third kappa shape index (κ3) is 3.68. The Hall–Kier alpha value is -2.18. The van der Waals surface area contributed by atoms with E-state index in [0.717, 1.165) is 0 Å². The van der Waals surface area contributed by atoms with Crippen LogP contribution in [0.25, 0.3) is 0 Å². The largest absolute Gasteiger partial charge is 0.456 e. The van der Waals surface area contributed by atoms with Crippen molar-refractivity contribution in [2.45, 2.75) is 4.90 Å². The van der Waals surface area contributed by atoms with Crippen LogP contribution < -0.4 is 4.74 Å². The number of rotatable bonds is 4. The monoisotopic (exact) mass is 305 g/mol. The van der Waals surface area contributed by atoms with E-state index >= 15 is 0 Å². The SMILES string of the molecule is CN(C)C(=O)c1ccc(Oc2ccccc2)c(S(=O)O)c1. The Morgan fingerprint density at radius 2 is 1.81 bits per heavy atom. The zero-order chi connectivity index (χ0) is 15.4. The summed E-state index contributed by atoms with van der Waals surface area (Å²) in [6.45, 7) is 0. The summed E-state index contributed by atoms with van der Waals surface area (Å²) in [6, 6.07) is 13.4. The standard InChI is InChI=1S/C15H15NO4S/c1-16(2)15(17)11-8-9-13(14(10-11)21(18)19)20-12-6-4-3-5-7-12/h3-10H,1-2H3,(H,18,19). The number of hydrogen-bond donors (Lipinski definition) is 1. The lowest BCUT2D eigenvalue weighted by molar-refractivity contribution is 0.0827. The van der Waals surface area contributed by atoms with Crippen LogP contribution in [0.1, 0.15) is 10.4 Å². The van der Waals surface area contributed by atoms with Gasteiger partial charge in [-0.05, 0) is 30.3 Å². The minimum atomic E-state index is -2.25. The first-order valence-electron chi connectivity index (χ1n) is 6.18. The van der Waals surface area contributed by atoms with Crippen molar-refractivity contribution in [1.29, 1.82) is 0 Å². The maximum Gasteiger partial charge on any atom is 0.253 e. The van der Waals surface area contributed by atoms with Gasteiger partial charge in [-0.25, -0.2) is 4.21 Å². The second-order valence-electron chi connectivity index (χ2n) is 4.53. The smallest absolute Gasteiger partial charge is 0.253 e. The van der Waals surface area contributed by atoms with Gasteiger partial charge in [-0.2, -0.15) is 0 Å².